The molecule has 1 heterocycles. The van der Waals surface area contributed by atoms with E-state index in [4.69, 9.17) is 16.3 Å². The van der Waals surface area contributed by atoms with Crippen molar-refractivity contribution in [1.29, 1.82) is 0 Å². The summed E-state index contributed by atoms with van der Waals surface area (Å²) in [6.45, 7) is 4.22. The van der Waals surface area contributed by atoms with E-state index in [0.717, 1.165) is 6.42 Å². The Morgan fingerprint density at radius 3 is 2.25 bits per heavy atom. The van der Waals surface area contributed by atoms with Gasteiger partial charge in [-0.2, -0.15) is 0 Å². The van der Waals surface area contributed by atoms with Crippen molar-refractivity contribution in [2.24, 2.45) is 5.92 Å². The first kappa shape index (κ1) is 6.37. The van der Waals surface area contributed by atoms with Gasteiger partial charge in [-0.25, -0.2) is 0 Å². The molecule has 2 heteroatoms. The average Bonchev–Trinajstić information content (AvgIpc) is 1.85. The molecule has 0 aromatic carbocycles. The topological polar surface area (TPSA) is 9.23 Å². The normalized spacial score (nSPS) is 47.6. The third-order valence-corrected chi connectivity index (χ3v) is 2.00. The Labute approximate surface area is 55.0 Å². The number of alkyl halides is 1. The molecule has 0 N–H and O–H groups in total. The Morgan fingerprint density at radius 1 is 1.50 bits per heavy atom. The van der Waals surface area contributed by atoms with E-state index in [9.17, 15) is 0 Å². The van der Waals surface area contributed by atoms with Crippen molar-refractivity contribution in [2.75, 3.05) is 0 Å². The lowest BCUT2D eigenvalue weighted by Crippen LogP contribution is -2.06. The van der Waals surface area contributed by atoms with E-state index in [-0.39, 0.29) is 5.56 Å². The number of rotatable bonds is 0. The highest BCUT2D eigenvalue weighted by molar-refractivity contribution is 6.19. The zero-order valence-corrected chi connectivity index (χ0v) is 5.98. The zero-order chi connectivity index (χ0) is 6.15. The summed E-state index contributed by atoms with van der Waals surface area (Å²) in [7, 11) is 0. The van der Waals surface area contributed by atoms with Crippen molar-refractivity contribution >= 4 is 11.6 Å². The van der Waals surface area contributed by atoms with Gasteiger partial charge in [0.1, 0.15) is 5.56 Å². The van der Waals surface area contributed by atoms with Crippen LogP contribution in [0.15, 0.2) is 0 Å². The molecule has 0 radical (unpaired) electrons. The van der Waals surface area contributed by atoms with Crippen LogP contribution in [-0.4, -0.2) is 11.7 Å². The van der Waals surface area contributed by atoms with Gasteiger partial charge in [-0.1, -0.05) is 18.5 Å². The van der Waals surface area contributed by atoms with Crippen LogP contribution < -0.4 is 0 Å². The quantitative estimate of drug-likeness (QED) is 0.461. The molecule has 48 valence electrons. The maximum atomic E-state index is 5.68. The highest BCUT2D eigenvalue weighted by Crippen LogP contribution is 2.27. The van der Waals surface area contributed by atoms with Crippen LogP contribution in [0.1, 0.15) is 20.3 Å². The highest BCUT2D eigenvalue weighted by Gasteiger charge is 2.26. The molecule has 1 aliphatic rings. The summed E-state index contributed by atoms with van der Waals surface area (Å²) in [5.74, 6) is 0.637. The Balaban J connectivity index is 2.39. The largest absolute Gasteiger partial charge is 0.359 e. The summed E-state index contributed by atoms with van der Waals surface area (Å²) in [6, 6.07) is 0. The molecule has 1 nitrogen and oxygen atoms in total. The van der Waals surface area contributed by atoms with E-state index in [1.54, 1.807) is 0 Å². The van der Waals surface area contributed by atoms with Crippen LogP contribution in [0.2, 0.25) is 0 Å². The molecule has 1 rings (SSSR count). The van der Waals surface area contributed by atoms with Crippen LogP contribution in [0, 0.1) is 5.92 Å². The minimum Gasteiger partial charge on any atom is -0.359 e. The fraction of sp³-hybridized carbons (Fsp3) is 1.00. The van der Waals surface area contributed by atoms with Gasteiger partial charge in [0.05, 0.1) is 6.10 Å². The Bertz CT molecular complexity index is 74.6. The average molecular weight is 135 g/mol. The number of hydrogen-bond acceptors (Lipinski definition) is 1. The van der Waals surface area contributed by atoms with Gasteiger partial charge in [0.25, 0.3) is 0 Å². The third-order valence-electron chi connectivity index (χ3n) is 1.72. The molecule has 1 fully saturated rings. The first-order valence-electron chi connectivity index (χ1n) is 2.99. The summed E-state index contributed by atoms with van der Waals surface area (Å²) >= 11 is 5.68. The zero-order valence-electron chi connectivity index (χ0n) is 5.23. The van der Waals surface area contributed by atoms with Gasteiger partial charge in [0.15, 0.2) is 0 Å². The van der Waals surface area contributed by atoms with Crippen molar-refractivity contribution < 1.29 is 4.74 Å². The van der Waals surface area contributed by atoms with Crippen LogP contribution in [-0.2, 0) is 4.74 Å². The molecule has 1 saturated heterocycles. The SMILES string of the molecule is CC1C[C@H](Cl)O[C@@H]1C. The standard InChI is InChI=1S/C6H11ClO/c1-4-3-6(7)8-5(4)2/h4-6H,3H2,1-2H3/t4?,5-,6-/m1/s1. The summed E-state index contributed by atoms with van der Waals surface area (Å²) in [5.41, 5.74) is -0.0278. The summed E-state index contributed by atoms with van der Waals surface area (Å²) < 4.78 is 5.24. The number of halogens is 1. The van der Waals surface area contributed by atoms with Crippen LogP contribution in [0.5, 0.6) is 0 Å². The van der Waals surface area contributed by atoms with Gasteiger partial charge in [0.2, 0.25) is 0 Å². The second-order valence-electron chi connectivity index (χ2n) is 2.46. The fourth-order valence-electron chi connectivity index (χ4n) is 0.907. The first-order valence-corrected chi connectivity index (χ1v) is 3.43. The molecule has 8 heavy (non-hydrogen) atoms. The monoisotopic (exact) mass is 134 g/mol. The van der Waals surface area contributed by atoms with Gasteiger partial charge in [-0.15, -0.1) is 0 Å². The van der Waals surface area contributed by atoms with Gasteiger partial charge in [0, 0.05) is 0 Å². The van der Waals surface area contributed by atoms with Crippen molar-refractivity contribution in [1.82, 2.24) is 0 Å². The Kier molecular flexibility index (Phi) is 1.78. The Morgan fingerprint density at radius 2 is 2.12 bits per heavy atom. The maximum Gasteiger partial charge on any atom is 0.131 e. The lowest BCUT2D eigenvalue weighted by Gasteiger charge is -2.04. The van der Waals surface area contributed by atoms with Crippen molar-refractivity contribution in [3.63, 3.8) is 0 Å². The van der Waals surface area contributed by atoms with E-state index in [0.29, 0.717) is 12.0 Å². The second-order valence-corrected chi connectivity index (χ2v) is 2.95. The molecule has 0 bridgehead atoms. The van der Waals surface area contributed by atoms with Gasteiger partial charge < -0.3 is 4.74 Å². The van der Waals surface area contributed by atoms with Crippen molar-refractivity contribution in [3.8, 4) is 0 Å². The molecule has 0 amide bonds. The van der Waals surface area contributed by atoms with Gasteiger partial charge in [-0.05, 0) is 19.3 Å². The smallest absolute Gasteiger partial charge is 0.131 e. The molecule has 1 unspecified atom stereocenters. The van der Waals surface area contributed by atoms with Crippen LogP contribution in [0.25, 0.3) is 0 Å². The van der Waals surface area contributed by atoms with E-state index in [1.807, 2.05) is 0 Å². The van der Waals surface area contributed by atoms with E-state index in [1.165, 1.54) is 0 Å². The van der Waals surface area contributed by atoms with Crippen LogP contribution >= 0.6 is 11.6 Å². The summed E-state index contributed by atoms with van der Waals surface area (Å²) in [5, 5.41) is 0. The molecule has 0 aromatic rings. The molecule has 0 aromatic heterocycles. The minimum atomic E-state index is -0.0278. The fourth-order valence-corrected chi connectivity index (χ4v) is 1.35. The molecule has 0 saturated carbocycles. The molecular weight excluding hydrogens is 124 g/mol. The molecule has 0 aliphatic carbocycles. The van der Waals surface area contributed by atoms with Crippen LogP contribution in [0.4, 0.5) is 0 Å². The van der Waals surface area contributed by atoms with E-state index < -0.39 is 0 Å². The van der Waals surface area contributed by atoms with Crippen molar-refractivity contribution in [2.45, 2.75) is 31.9 Å². The molecular formula is C6H11ClO. The molecule has 0 spiro atoms. The predicted molar refractivity (Wildman–Crippen MR) is 34.0 cm³/mol. The predicted octanol–water partition coefficient (Wildman–Crippen LogP) is 2.00. The maximum absolute atomic E-state index is 5.68. The van der Waals surface area contributed by atoms with Gasteiger partial charge in [-0.3, -0.25) is 0 Å². The third kappa shape index (κ3) is 1.15. The molecule has 3 atom stereocenters. The van der Waals surface area contributed by atoms with E-state index in [2.05, 4.69) is 13.8 Å². The first-order chi connectivity index (χ1) is 3.70. The van der Waals surface area contributed by atoms with Crippen LogP contribution in [0.3, 0.4) is 0 Å². The minimum absolute atomic E-state index is 0.0278. The lowest BCUT2D eigenvalue weighted by molar-refractivity contribution is 0.0887. The van der Waals surface area contributed by atoms with E-state index >= 15 is 0 Å². The number of ether oxygens (including phenoxy) is 1. The highest BCUT2D eigenvalue weighted by atomic mass is 35.5. The Hall–Kier alpha value is 0.250. The molecule has 1 aliphatic heterocycles. The lowest BCUT2D eigenvalue weighted by atomic mass is 10.1. The second kappa shape index (κ2) is 2.24. The number of hydrogen-bond donors (Lipinski definition) is 0. The van der Waals surface area contributed by atoms with Crippen molar-refractivity contribution in [3.05, 3.63) is 0 Å². The summed E-state index contributed by atoms with van der Waals surface area (Å²) in [4.78, 5) is 0. The van der Waals surface area contributed by atoms with Gasteiger partial charge >= 0.3 is 0 Å². The summed E-state index contributed by atoms with van der Waals surface area (Å²) in [6.07, 6.45) is 1.36.